The van der Waals surface area contributed by atoms with Crippen LogP contribution in [-0.4, -0.2) is 30.2 Å². The van der Waals surface area contributed by atoms with Gasteiger partial charge in [-0.05, 0) is 27.2 Å². The summed E-state index contributed by atoms with van der Waals surface area (Å²) in [6.07, 6.45) is 2.46. The Labute approximate surface area is 132 Å². The Kier molecular flexibility index (Phi) is 10.9. The van der Waals surface area contributed by atoms with E-state index in [9.17, 15) is 4.79 Å². The van der Waals surface area contributed by atoms with E-state index in [0.717, 1.165) is 19.3 Å². The van der Waals surface area contributed by atoms with Gasteiger partial charge in [-0.3, -0.25) is 0 Å². The second-order valence-electron chi connectivity index (χ2n) is 5.23. The molecule has 0 spiro atoms. The lowest BCUT2D eigenvalue weighted by molar-refractivity contribution is 0.0524. The van der Waals surface area contributed by atoms with E-state index in [4.69, 9.17) is 16.2 Å². The van der Waals surface area contributed by atoms with E-state index in [1.165, 1.54) is 0 Å². The smallest absolute Gasteiger partial charge is 0.407 e. The zero-order valence-electron chi connectivity index (χ0n) is 12.2. The van der Waals surface area contributed by atoms with E-state index in [0.29, 0.717) is 6.54 Å². The third kappa shape index (κ3) is 13.5. The number of rotatable bonds is 6. The normalized spacial score (nSPS) is 12.0. The predicted molar refractivity (Wildman–Crippen MR) is 88.8 cm³/mol. The number of nitrogens with two attached hydrogens (primary N) is 2. The summed E-state index contributed by atoms with van der Waals surface area (Å²) in [4.78, 5) is 15.6. The maximum absolute atomic E-state index is 11.5. The van der Waals surface area contributed by atoms with Crippen LogP contribution in [0.5, 0.6) is 0 Å². The van der Waals surface area contributed by atoms with E-state index < -0.39 is 11.7 Å². The third-order valence-electron chi connectivity index (χ3n) is 2.10. The molecule has 0 aliphatic heterocycles. The van der Waals surface area contributed by atoms with Gasteiger partial charge in [0.2, 0.25) is 0 Å². The van der Waals surface area contributed by atoms with Crippen LogP contribution in [0.15, 0.2) is 4.99 Å². The number of carbonyl (C=O) groups is 1. The molecule has 19 heavy (non-hydrogen) atoms. The number of unbranched alkanes of at least 4 members (excludes halogenated alkanes) is 1. The van der Waals surface area contributed by atoms with E-state index in [1.807, 2.05) is 20.8 Å². The number of carbonyl (C=O) groups excluding carboxylic acids is 1. The fourth-order valence-electron chi connectivity index (χ4n) is 1.38. The van der Waals surface area contributed by atoms with Gasteiger partial charge in [0.05, 0.1) is 6.04 Å². The number of amides is 1. The first-order valence-corrected chi connectivity index (χ1v) is 6.30. The van der Waals surface area contributed by atoms with Crippen LogP contribution in [0.4, 0.5) is 4.79 Å². The van der Waals surface area contributed by atoms with Crippen molar-refractivity contribution in [2.75, 3.05) is 6.54 Å². The molecule has 1 amide bonds. The molecule has 0 radical (unpaired) electrons. The van der Waals surface area contributed by atoms with Crippen molar-refractivity contribution < 1.29 is 9.53 Å². The second kappa shape index (κ2) is 10.1. The van der Waals surface area contributed by atoms with E-state index in [1.54, 1.807) is 0 Å². The molecule has 7 heteroatoms. The topological polar surface area (TPSA) is 103 Å². The van der Waals surface area contributed by atoms with Gasteiger partial charge in [-0.2, -0.15) is 0 Å². The fourth-order valence-corrected chi connectivity index (χ4v) is 1.38. The lowest BCUT2D eigenvalue weighted by Gasteiger charge is -2.21. The number of nitrogens with zero attached hydrogens (tertiary/aromatic N) is 1. The maximum Gasteiger partial charge on any atom is 0.407 e. The molecule has 0 fully saturated rings. The van der Waals surface area contributed by atoms with Gasteiger partial charge in [0.25, 0.3) is 0 Å². The largest absolute Gasteiger partial charge is 0.444 e. The summed E-state index contributed by atoms with van der Waals surface area (Å²) in [5, 5.41) is 2.67. The number of alkyl carbamates (subject to hydrolysis) is 1. The van der Waals surface area contributed by atoms with Crippen LogP contribution in [0, 0.1) is 0 Å². The molecule has 0 rings (SSSR count). The van der Waals surface area contributed by atoms with Crippen LogP contribution in [0.2, 0.25) is 0 Å². The third-order valence-corrected chi connectivity index (χ3v) is 2.10. The van der Waals surface area contributed by atoms with Crippen LogP contribution in [0.25, 0.3) is 0 Å². The van der Waals surface area contributed by atoms with Crippen molar-refractivity contribution in [3.05, 3.63) is 0 Å². The van der Waals surface area contributed by atoms with Gasteiger partial charge in [-0.1, -0.05) is 19.8 Å². The fraction of sp³-hybridized carbons (Fsp3) is 0.833. The molecule has 0 aromatic rings. The molecular weight excluding hydrogens is 359 g/mol. The summed E-state index contributed by atoms with van der Waals surface area (Å²) >= 11 is 0. The minimum Gasteiger partial charge on any atom is -0.444 e. The molecular formula is C12H27IN4O2. The SMILES string of the molecule is CCCCC(CNC(=O)OC(C)(C)C)N=C(N)N.I. The van der Waals surface area contributed by atoms with E-state index in [2.05, 4.69) is 17.2 Å². The van der Waals surface area contributed by atoms with Gasteiger partial charge in [0.15, 0.2) is 5.96 Å². The zero-order chi connectivity index (χ0) is 14.2. The summed E-state index contributed by atoms with van der Waals surface area (Å²) in [6.45, 7) is 7.92. The lowest BCUT2D eigenvalue weighted by atomic mass is 10.1. The molecule has 0 aliphatic rings. The molecule has 0 heterocycles. The lowest BCUT2D eigenvalue weighted by Crippen LogP contribution is -2.37. The Morgan fingerprint density at radius 2 is 1.95 bits per heavy atom. The first kappa shape index (κ1) is 20.6. The summed E-state index contributed by atoms with van der Waals surface area (Å²) < 4.78 is 5.14. The quantitative estimate of drug-likeness (QED) is 0.369. The van der Waals surface area contributed by atoms with E-state index in [-0.39, 0.29) is 36.0 Å². The van der Waals surface area contributed by atoms with Gasteiger partial charge < -0.3 is 21.5 Å². The number of hydrogen-bond donors (Lipinski definition) is 3. The molecule has 5 N–H and O–H groups in total. The number of nitrogens with one attached hydrogen (secondary N) is 1. The first-order chi connectivity index (χ1) is 8.24. The van der Waals surface area contributed by atoms with Gasteiger partial charge in [0.1, 0.15) is 5.60 Å². The minimum atomic E-state index is -0.501. The molecule has 0 bridgehead atoms. The highest BCUT2D eigenvalue weighted by Gasteiger charge is 2.17. The summed E-state index contributed by atoms with van der Waals surface area (Å²) in [7, 11) is 0. The Hall–Kier alpha value is -0.730. The van der Waals surface area contributed by atoms with Crippen molar-refractivity contribution in [2.45, 2.75) is 58.6 Å². The Bertz CT molecular complexity index is 286. The highest BCUT2D eigenvalue weighted by molar-refractivity contribution is 14.0. The van der Waals surface area contributed by atoms with Crippen molar-refractivity contribution in [2.24, 2.45) is 16.5 Å². The zero-order valence-corrected chi connectivity index (χ0v) is 14.6. The van der Waals surface area contributed by atoms with Gasteiger partial charge in [0, 0.05) is 6.54 Å². The monoisotopic (exact) mass is 386 g/mol. The molecule has 0 aliphatic carbocycles. The number of hydrogen-bond acceptors (Lipinski definition) is 3. The molecule has 0 aromatic heterocycles. The van der Waals surface area contributed by atoms with Crippen molar-refractivity contribution in [3.63, 3.8) is 0 Å². The Balaban J connectivity index is 0. The van der Waals surface area contributed by atoms with Crippen LogP contribution >= 0.6 is 24.0 Å². The number of halogens is 1. The first-order valence-electron chi connectivity index (χ1n) is 6.30. The predicted octanol–water partition coefficient (Wildman–Crippen LogP) is 1.96. The highest BCUT2D eigenvalue weighted by Crippen LogP contribution is 2.07. The number of ether oxygens (including phenoxy) is 1. The Morgan fingerprint density at radius 1 is 1.37 bits per heavy atom. The van der Waals surface area contributed by atoms with Crippen molar-refractivity contribution in [1.29, 1.82) is 0 Å². The van der Waals surface area contributed by atoms with Gasteiger partial charge >= 0.3 is 6.09 Å². The molecule has 1 atom stereocenters. The number of guanidine groups is 1. The van der Waals surface area contributed by atoms with Crippen LogP contribution in [-0.2, 0) is 4.74 Å². The molecule has 0 saturated heterocycles. The average Bonchev–Trinajstić information content (AvgIpc) is 2.19. The standard InChI is InChI=1S/C12H26N4O2.HI/c1-5-6-7-9(16-10(13)14)8-15-11(17)18-12(2,3)4;/h9H,5-8H2,1-4H3,(H,15,17)(H4,13,14,16);1H. The maximum atomic E-state index is 11.5. The van der Waals surface area contributed by atoms with Crippen LogP contribution in [0.3, 0.4) is 0 Å². The van der Waals surface area contributed by atoms with Crippen molar-refractivity contribution in [1.82, 2.24) is 5.32 Å². The molecule has 6 nitrogen and oxygen atoms in total. The Morgan fingerprint density at radius 3 is 2.37 bits per heavy atom. The molecule has 114 valence electrons. The van der Waals surface area contributed by atoms with E-state index >= 15 is 0 Å². The summed E-state index contributed by atoms with van der Waals surface area (Å²) in [5.41, 5.74) is 10.2. The molecule has 0 saturated carbocycles. The van der Waals surface area contributed by atoms with Crippen LogP contribution in [0.1, 0.15) is 47.0 Å². The number of aliphatic imine (C=N–C) groups is 1. The summed E-state index contributed by atoms with van der Waals surface area (Å²) in [6, 6.07) is -0.0949. The molecule has 0 aromatic carbocycles. The minimum absolute atomic E-state index is 0. The summed E-state index contributed by atoms with van der Waals surface area (Å²) in [5.74, 6) is 0.0436. The van der Waals surface area contributed by atoms with Crippen molar-refractivity contribution >= 4 is 36.0 Å². The molecule has 1 unspecified atom stereocenters. The average molecular weight is 386 g/mol. The van der Waals surface area contributed by atoms with Crippen molar-refractivity contribution in [3.8, 4) is 0 Å². The van der Waals surface area contributed by atoms with Crippen LogP contribution < -0.4 is 16.8 Å². The van der Waals surface area contributed by atoms with Gasteiger partial charge in [-0.25, -0.2) is 9.79 Å². The van der Waals surface area contributed by atoms with Gasteiger partial charge in [-0.15, -0.1) is 24.0 Å². The highest BCUT2D eigenvalue weighted by atomic mass is 127. The second-order valence-corrected chi connectivity index (χ2v) is 5.23.